The summed E-state index contributed by atoms with van der Waals surface area (Å²) >= 11 is 0. The van der Waals surface area contributed by atoms with Crippen LogP contribution in [0, 0.1) is 18.7 Å². The lowest BCUT2D eigenvalue weighted by Gasteiger charge is -2.21. The molecule has 2 aromatic rings. The monoisotopic (exact) mass is 275 g/mol. The lowest BCUT2D eigenvalue weighted by atomic mass is 9.96. The summed E-state index contributed by atoms with van der Waals surface area (Å²) in [6.07, 6.45) is 3.02. The van der Waals surface area contributed by atoms with Crippen LogP contribution in [0.3, 0.4) is 0 Å². The smallest absolute Gasteiger partial charge is 0.148 e. The third-order valence-electron chi connectivity index (χ3n) is 3.66. The van der Waals surface area contributed by atoms with Gasteiger partial charge in [-0.25, -0.2) is 14.1 Å². The third-order valence-corrected chi connectivity index (χ3v) is 3.66. The average Bonchev–Trinajstić information content (AvgIpc) is 2.81. The molecule has 0 amide bonds. The number of nitrogens with zero attached hydrogens (tertiary/aromatic N) is 3. The molecule has 1 aromatic heterocycles. The van der Waals surface area contributed by atoms with E-state index in [9.17, 15) is 4.39 Å². The summed E-state index contributed by atoms with van der Waals surface area (Å²) in [5, 5.41) is 4.43. The molecule has 0 atom stereocenters. The van der Waals surface area contributed by atoms with E-state index in [0.29, 0.717) is 5.92 Å². The Labute approximate surface area is 117 Å². The maximum Gasteiger partial charge on any atom is 0.148 e. The Kier molecular flexibility index (Phi) is 3.78. The van der Waals surface area contributed by atoms with E-state index in [1.807, 2.05) is 11.6 Å². The highest BCUT2D eigenvalue weighted by Crippen LogP contribution is 2.21. The van der Waals surface area contributed by atoms with Gasteiger partial charge >= 0.3 is 0 Å². The molecule has 1 fully saturated rings. The zero-order chi connectivity index (χ0) is 13.9. The van der Waals surface area contributed by atoms with Gasteiger partial charge in [-0.1, -0.05) is 0 Å². The van der Waals surface area contributed by atoms with Gasteiger partial charge < -0.3 is 4.74 Å². The highest BCUT2D eigenvalue weighted by molar-refractivity contribution is 5.31. The Morgan fingerprint density at radius 3 is 2.65 bits per heavy atom. The van der Waals surface area contributed by atoms with Crippen molar-refractivity contribution in [1.29, 1.82) is 0 Å². The first-order valence-electron chi connectivity index (χ1n) is 6.98. The summed E-state index contributed by atoms with van der Waals surface area (Å²) in [6.45, 7) is 3.54. The van der Waals surface area contributed by atoms with Crippen LogP contribution in [-0.4, -0.2) is 28.0 Å². The van der Waals surface area contributed by atoms with Gasteiger partial charge in [0.15, 0.2) is 0 Å². The zero-order valence-corrected chi connectivity index (χ0v) is 11.6. The Morgan fingerprint density at radius 1 is 1.25 bits per heavy atom. The van der Waals surface area contributed by atoms with E-state index >= 15 is 0 Å². The minimum Gasteiger partial charge on any atom is -0.381 e. The van der Waals surface area contributed by atoms with E-state index in [2.05, 4.69) is 10.1 Å². The molecule has 0 saturated carbocycles. The largest absolute Gasteiger partial charge is 0.381 e. The summed E-state index contributed by atoms with van der Waals surface area (Å²) in [4.78, 5) is 4.52. The number of rotatable bonds is 3. The Bertz CT molecular complexity index is 573. The van der Waals surface area contributed by atoms with Gasteiger partial charge in [-0.3, -0.25) is 0 Å². The fraction of sp³-hybridized carbons (Fsp3) is 0.467. The second-order valence-electron chi connectivity index (χ2n) is 5.22. The average molecular weight is 275 g/mol. The van der Waals surface area contributed by atoms with E-state index < -0.39 is 0 Å². The van der Waals surface area contributed by atoms with Crippen molar-refractivity contribution in [2.75, 3.05) is 13.2 Å². The van der Waals surface area contributed by atoms with Gasteiger partial charge in [0.25, 0.3) is 0 Å². The van der Waals surface area contributed by atoms with E-state index in [0.717, 1.165) is 49.8 Å². The lowest BCUT2D eigenvalue weighted by molar-refractivity contribution is 0.0658. The number of hydrogen-bond acceptors (Lipinski definition) is 3. The Morgan fingerprint density at radius 2 is 1.95 bits per heavy atom. The molecule has 1 saturated heterocycles. The SMILES string of the molecule is Cc1nc(CC2CCOCC2)n(-c2ccc(F)cc2)n1. The second-order valence-corrected chi connectivity index (χ2v) is 5.22. The molecule has 0 spiro atoms. The van der Waals surface area contributed by atoms with Crippen LogP contribution in [0.15, 0.2) is 24.3 Å². The molecule has 2 heterocycles. The minimum atomic E-state index is -0.239. The molecule has 0 N–H and O–H groups in total. The van der Waals surface area contributed by atoms with E-state index in [-0.39, 0.29) is 5.82 Å². The first-order chi connectivity index (χ1) is 9.72. The summed E-state index contributed by atoms with van der Waals surface area (Å²) in [5.74, 6) is 2.04. The van der Waals surface area contributed by atoms with Crippen LogP contribution in [0.5, 0.6) is 0 Å². The molecule has 0 bridgehead atoms. The Hall–Kier alpha value is -1.75. The van der Waals surface area contributed by atoms with Crippen molar-refractivity contribution in [2.24, 2.45) is 5.92 Å². The zero-order valence-electron chi connectivity index (χ0n) is 11.6. The fourth-order valence-electron chi connectivity index (χ4n) is 2.59. The van der Waals surface area contributed by atoms with Crippen molar-refractivity contribution in [1.82, 2.24) is 14.8 Å². The van der Waals surface area contributed by atoms with E-state index in [4.69, 9.17) is 4.74 Å². The highest BCUT2D eigenvalue weighted by atomic mass is 19.1. The molecule has 1 aliphatic heterocycles. The number of aryl methyl sites for hydroxylation is 1. The maximum absolute atomic E-state index is 13.0. The number of ether oxygens (including phenoxy) is 1. The number of halogens is 1. The quantitative estimate of drug-likeness (QED) is 0.864. The van der Waals surface area contributed by atoms with Gasteiger partial charge in [0, 0.05) is 19.6 Å². The molecular formula is C15H18FN3O. The normalized spacial score (nSPS) is 16.5. The van der Waals surface area contributed by atoms with Gasteiger partial charge in [0.1, 0.15) is 17.5 Å². The standard InChI is InChI=1S/C15H18FN3O/c1-11-17-15(10-12-6-8-20-9-7-12)19(18-11)14-4-2-13(16)3-5-14/h2-5,12H,6-10H2,1H3. The molecule has 0 radical (unpaired) electrons. The van der Waals surface area contributed by atoms with Crippen LogP contribution >= 0.6 is 0 Å². The van der Waals surface area contributed by atoms with Crippen LogP contribution in [-0.2, 0) is 11.2 Å². The van der Waals surface area contributed by atoms with Gasteiger partial charge in [-0.05, 0) is 49.9 Å². The second kappa shape index (κ2) is 5.71. The molecule has 4 nitrogen and oxygen atoms in total. The molecular weight excluding hydrogens is 257 g/mol. The first-order valence-corrected chi connectivity index (χ1v) is 6.98. The van der Waals surface area contributed by atoms with Crippen LogP contribution in [0.1, 0.15) is 24.5 Å². The van der Waals surface area contributed by atoms with Gasteiger partial charge in [0.05, 0.1) is 5.69 Å². The molecule has 0 aliphatic carbocycles. The van der Waals surface area contributed by atoms with Crippen LogP contribution in [0.25, 0.3) is 5.69 Å². The van der Waals surface area contributed by atoms with Crippen LogP contribution < -0.4 is 0 Å². The summed E-state index contributed by atoms with van der Waals surface area (Å²) < 4.78 is 20.2. The highest BCUT2D eigenvalue weighted by Gasteiger charge is 2.18. The number of aromatic nitrogens is 3. The van der Waals surface area contributed by atoms with Gasteiger partial charge in [-0.15, -0.1) is 0 Å². The maximum atomic E-state index is 13.0. The number of benzene rings is 1. The van der Waals surface area contributed by atoms with Crippen molar-refractivity contribution in [3.8, 4) is 5.69 Å². The first kappa shape index (κ1) is 13.2. The lowest BCUT2D eigenvalue weighted by Crippen LogP contribution is -2.19. The predicted molar refractivity (Wildman–Crippen MR) is 73.3 cm³/mol. The molecule has 1 aromatic carbocycles. The van der Waals surface area contributed by atoms with Crippen molar-refractivity contribution in [3.05, 3.63) is 41.7 Å². The third kappa shape index (κ3) is 2.88. The molecule has 20 heavy (non-hydrogen) atoms. The van der Waals surface area contributed by atoms with E-state index in [1.54, 1.807) is 12.1 Å². The van der Waals surface area contributed by atoms with Crippen molar-refractivity contribution >= 4 is 0 Å². The number of hydrogen-bond donors (Lipinski definition) is 0. The van der Waals surface area contributed by atoms with Crippen molar-refractivity contribution < 1.29 is 9.13 Å². The molecule has 106 valence electrons. The predicted octanol–water partition coefficient (Wildman–Crippen LogP) is 2.68. The van der Waals surface area contributed by atoms with Crippen molar-refractivity contribution in [3.63, 3.8) is 0 Å². The molecule has 3 rings (SSSR count). The van der Waals surface area contributed by atoms with Crippen LogP contribution in [0.2, 0.25) is 0 Å². The summed E-state index contributed by atoms with van der Waals surface area (Å²) in [6, 6.07) is 6.36. The molecule has 1 aliphatic rings. The molecule has 5 heteroatoms. The van der Waals surface area contributed by atoms with E-state index in [1.165, 1.54) is 12.1 Å². The van der Waals surface area contributed by atoms with Gasteiger partial charge in [-0.2, -0.15) is 5.10 Å². The Balaban J connectivity index is 1.85. The molecule has 0 unspecified atom stereocenters. The topological polar surface area (TPSA) is 39.9 Å². The van der Waals surface area contributed by atoms with Gasteiger partial charge in [0.2, 0.25) is 0 Å². The van der Waals surface area contributed by atoms with Crippen LogP contribution in [0.4, 0.5) is 4.39 Å². The summed E-state index contributed by atoms with van der Waals surface area (Å²) in [5.41, 5.74) is 0.856. The minimum absolute atomic E-state index is 0.239. The van der Waals surface area contributed by atoms with Crippen molar-refractivity contribution in [2.45, 2.75) is 26.2 Å². The fourth-order valence-corrected chi connectivity index (χ4v) is 2.59. The summed E-state index contributed by atoms with van der Waals surface area (Å²) in [7, 11) is 0.